The fraction of sp³-hybridized carbons (Fsp3) is 0.433. The topological polar surface area (TPSA) is 96.2 Å². The van der Waals surface area contributed by atoms with Crippen molar-refractivity contribution in [2.45, 2.75) is 61.7 Å². The number of carbonyl (C=O) groups excluding carboxylic acids is 1. The van der Waals surface area contributed by atoms with Crippen LogP contribution in [-0.2, 0) is 16.6 Å². The van der Waals surface area contributed by atoms with E-state index in [1.807, 2.05) is 43.3 Å². The van der Waals surface area contributed by atoms with Gasteiger partial charge in [0.2, 0.25) is 5.91 Å². The van der Waals surface area contributed by atoms with E-state index in [4.69, 9.17) is 4.74 Å². The zero-order valence-electron chi connectivity index (χ0n) is 21.8. The van der Waals surface area contributed by atoms with Crippen molar-refractivity contribution in [1.29, 1.82) is 0 Å². The molecule has 2 aliphatic heterocycles. The van der Waals surface area contributed by atoms with Gasteiger partial charge in [-0.1, -0.05) is 42.0 Å². The highest BCUT2D eigenvalue weighted by Crippen LogP contribution is 2.66. The molecular formula is C30H33N3O5. The molecule has 38 heavy (non-hydrogen) atoms. The van der Waals surface area contributed by atoms with Crippen LogP contribution in [0.15, 0.2) is 55.1 Å². The van der Waals surface area contributed by atoms with Crippen molar-refractivity contribution in [3.05, 3.63) is 87.5 Å². The third-order valence-electron chi connectivity index (χ3n) is 9.54. The van der Waals surface area contributed by atoms with Gasteiger partial charge < -0.3 is 14.7 Å². The first-order valence-electron chi connectivity index (χ1n) is 13.3. The van der Waals surface area contributed by atoms with Gasteiger partial charge in [0.15, 0.2) is 11.5 Å². The van der Waals surface area contributed by atoms with E-state index in [0.29, 0.717) is 44.5 Å². The van der Waals surface area contributed by atoms with Gasteiger partial charge >= 0.3 is 0 Å². The van der Waals surface area contributed by atoms with Crippen molar-refractivity contribution in [1.82, 2.24) is 9.80 Å². The van der Waals surface area contributed by atoms with Crippen molar-refractivity contribution < 1.29 is 19.6 Å². The van der Waals surface area contributed by atoms with Crippen LogP contribution in [0.2, 0.25) is 0 Å². The Bertz CT molecular complexity index is 1370. The first-order chi connectivity index (χ1) is 18.2. The lowest BCUT2D eigenvalue weighted by Crippen LogP contribution is -2.80. The smallest absolute Gasteiger partial charge is 0.251 e. The number of aromatic hydroxyl groups is 1. The van der Waals surface area contributed by atoms with Gasteiger partial charge in [-0.3, -0.25) is 19.8 Å². The number of hydrogen-bond donors (Lipinski definition) is 1. The lowest BCUT2D eigenvalue weighted by atomic mass is 9.46. The van der Waals surface area contributed by atoms with Crippen molar-refractivity contribution >= 4 is 12.0 Å². The van der Waals surface area contributed by atoms with E-state index in [1.54, 1.807) is 30.2 Å². The van der Waals surface area contributed by atoms with Crippen LogP contribution in [0.1, 0.15) is 41.5 Å². The molecule has 2 unspecified atom stereocenters. The molecule has 2 heterocycles. The quantitative estimate of drug-likeness (QED) is 0.272. The Balaban J connectivity index is 1.43. The number of rotatable bonds is 6. The Labute approximate surface area is 222 Å². The van der Waals surface area contributed by atoms with Crippen molar-refractivity contribution in [3.63, 3.8) is 0 Å². The van der Waals surface area contributed by atoms with Crippen LogP contribution >= 0.6 is 0 Å². The highest BCUT2D eigenvalue weighted by atomic mass is 16.6. The summed E-state index contributed by atoms with van der Waals surface area (Å²) in [6.45, 7) is 7.14. The number of ether oxygens (including phenoxy) is 1. The minimum Gasteiger partial charge on any atom is -0.504 e. The molecular weight excluding hydrogens is 482 g/mol. The van der Waals surface area contributed by atoms with Crippen molar-refractivity contribution in [2.75, 3.05) is 20.1 Å². The van der Waals surface area contributed by atoms with Gasteiger partial charge in [-0.2, -0.15) is 0 Å². The Morgan fingerprint density at radius 2 is 2.16 bits per heavy atom. The van der Waals surface area contributed by atoms with Gasteiger partial charge in [0.1, 0.15) is 11.5 Å². The zero-order valence-corrected chi connectivity index (χ0v) is 21.8. The summed E-state index contributed by atoms with van der Waals surface area (Å²) in [7, 11) is 1.75. The van der Waals surface area contributed by atoms with E-state index in [9.17, 15) is 20.0 Å². The predicted molar refractivity (Wildman–Crippen MR) is 144 cm³/mol. The Morgan fingerprint density at radius 1 is 1.34 bits per heavy atom. The van der Waals surface area contributed by atoms with Gasteiger partial charge in [-0.05, 0) is 49.5 Å². The van der Waals surface area contributed by atoms with Gasteiger partial charge in [0.05, 0.1) is 12.1 Å². The van der Waals surface area contributed by atoms with Crippen molar-refractivity contribution in [3.8, 4) is 11.5 Å². The second-order valence-electron chi connectivity index (χ2n) is 11.2. The molecule has 1 saturated carbocycles. The number of likely N-dealkylation sites (tertiary alicyclic amines) is 1. The molecule has 0 aromatic heterocycles. The number of nitrogens with zero attached hydrogens (tertiary/aromatic N) is 3. The van der Waals surface area contributed by atoms with Crippen LogP contribution in [0, 0.1) is 17.0 Å². The average molecular weight is 516 g/mol. The summed E-state index contributed by atoms with van der Waals surface area (Å²) in [5, 5.41) is 24.0. The van der Waals surface area contributed by atoms with E-state index in [2.05, 4.69) is 11.5 Å². The molecule has 2 fully saturated rings. The van der Waals surface area contributed by atoms with Crippen LogP contribution in [0.5, 0.6) is 11.5 Å². The maximum atomic E-state index is 13.4. The summed E-state index contributed by atoms with van der Waals surface area (Å²) >= 11 is 0. The van der Waals surface area contributed by atoms with Crippen LogP contribution in [-0.4, -0.2) is 69.6 Å². The van der Waals surface area contributed by atoms with Crippen LogP contribution in [0.4, 0.5) is 0 Å². The molecule has 2 aliphatic carbocycles. The summed E-state index contributed by atoms with van der Waals surface area (Å²) in [5.74, 6) is 0.183. The molecule has 1 spiro atoms. The maximum absolute atomic E-state index is 13.4. The molecule has 6 rings (SSSR count). The zero-order chi connectivity index (χ0) is 26.8. The van der Waals surface area contributed by atoms with Crippen LogP contribution in [0.3, 0.4) is 0 Å². The molecule has 2 aromatic rings. The third-order valence-corrected chi connectivity index (χ3v) is 9.54. The summed E-state index contributed by atoms with van der Waals surface area (Å²) in [4.78, 5) is 30.4. The van der Waals surface area contributed by atoms with Gasteiger partial charge in [-0.25, -0.2) is 0 Å². The Morgan fingerprint density at radius 3 is 2.89 bits per heavy atom. The molecule has 5 atom stereocenters. The third kappa shape index (κ3) is 3.16. The SMILES string of the molecule is C=CCN1CC[C@]23c4c5ccc(O)c4OC2C(N(C)C(=O)/C=C/c2cccc(C)c2)CC[C@@]3([N+](=O)[O-])[C@H]1C5. The first kappa shape index (κ1) is 24.7. The standard InChI is InChI=1S/C30H33N3O5/c1-4-15-32-16-14-29-26-21-9-10-23(34)27(26)38-28(29)22(12-13-30(29,33(36)37)24(32)18-21)31(3)25(35)11-8-20-7-5-6-19(2)17-20/h4-11,17,22,24,28,34H,1,12-16,18H2,2-3H3/b11-8+/t22?,24-,28?,29+,30-/m1/s1. The van der Waals surface area contributed by atoms with Gasteiger partial charge in [0.25, 0.3) is 5.54 Å². The molecule has 0 radical (unpaired) electrons. The number of nitro groups is 1. The van der Waals surface area contributed by atoms with Crippen LogP contribution in [0.25, 0.3) is 6.08 Å². The summed E-state index contributed by atoms with van der Waals surface area (Å²) in [5.41, 5.74) is 1.61. The number of likely N-dealkylation sites (N-methyl/N-ethyl adjacent to an activating group) is 1. The minimum absolute atomic E-state index is 0.00353. The number of hydrogen-bond acceptors (Lipinski definition) is 6. The molecule has 2 bridgehead atoms. The molecule has 2 aromatic carbocycles. The van der Waals surface area contributed by atoms with Gasteiger partial charge in [-0.15, -0.1) is 6.58 Å². The predicted octanol–water partition coefficient (Wildman–Crippen LogP) is 3.87. The van der Waals surface area contributed by atoms with E-state index in [1.165, 1.54) is 0 Å². The second-order valence-corrected chi connectivity index (χ2v) is 11.2. The van der Waals surface area contributed by atoms with E-state index in [0.717, 1.165) is 22.3 Å². The molecule has 4 aliphatic rings. The summed E-state index contributed by atoms with van der Waals surface area (Å²) in [6.07, 6.45) is 6.35. The largest absolute Gasteiger partial charge is 0.504 e. The Hall–Kier alpha value is -3.65. The van der Waals surface area contributed by atoms with Gasteiger partial charge in [0, 0.05) is 43.1 Å². The van der Waals surface area contributed by atoms with Crippen LogP contribution < -0.4 is 4.74 Å². The molecule has 198 valence electrons. The number of phenols is 1. The average Bonchev–Trinajstić information content (AvgIpc) is 3.25. The maximum Gasteiger partial charge on any atom is 0.251 e. The number of amides is 1. The normalized spacial score (nSPS) is 30.9. The molecule has 8 nitrogen and oxygen atoms in total. The van der Waals surface area contributed by atoms with E-state index in [-0.39, 0.29) is 28.7 Å². The molecule has 8 heteroatoms. The lowest BCUT2D eigenvalue weighted by Gasteiger charge is -2.61. The molecule has 1 N–H and O–H groups in total. The Kier molecular flexibility index (Phi) is 5.65. The minimum atomic E-state index is -1.28. The first-order valence-corrected chi connectivity index (χ1v) is 13.3. The number of carbonyl (C=O) groups is 1. The monoisotopic (exact) mass is 515 g/mol. The number of benzene rings is 2. The van der Waals surface area contributed by atoms with E-state index < -0.39 is 17.1 Å². The molecule has 1 amide bonds. The van der Waals surface area contributed by atoms with E-state index >= 15 is 0 Å². The number of piperidine rings is 1. The highest BCUT2D eigenvalue weighted by Gasteiger charge is 2.80. The fourth-order valence-electron chi connectivity index (χ4n) is 7.98. The number of phenolic OH excluding ortho intramolecular Hbond substituents is 1. The summed E-state index contributed by atoms with van der Waals surface area (Å²) in [6, 6.07) is 10.7. The molecule has 1 saturated heterocycles. The summed E-state index contributed by atoms with van der Waals surface area (Å²) < 4.78 is 6.53. The number of aryl methyl sites for hydroxylation is 1. The fourth-order valence-corrected chi connectivity index (χ4v) is 7.98. The highest BCUT2D eigenvalue weighted by molar-refractivity contribution is 5.92. The van der Waals surface area contributed by atoms with Crippen molar-refractivity contribution in [2.24, 2.45) is 0 Å². The second kappa shape index (κ2) is 8.70. The lowest BCUT2D eigenvalue weighted by molar-refractivity contribution is -0.605.